The van der Waals surface area contributed by atoms with Gasteiger partial charge in [-0.1, -0.05) is 30.3 Å². The maximum absolute atomic E-state index is 5.71. The third-order valence-electron chi connectivity index (χ3n) is 3.19. The molecule has 0 bridgehead atoms. The zero-order valence-corrected chi connectivity index (χ0v) is 9.95. The maximum atomic E-state index is 5.71. The Morgan fingerprint density at radius 3 is 2.81 bits per heavy atom. The average Bonchev–Trinajstić information content (AvgIpc) is 2.74. The first kappa shape index (κ1) is 11.6. The van der Waals surface area contributed by atoms with Crippen molar-refractivity contribution < 1.29 is 9.47 Å². The van der Waals surface area contributed by atoms with Crippen LogP contribution in [0.1, 0.15) is 31.7 Å². The van der Waals surface area contributed by atoms with Gasteiger partial charge in [-0.15, -0.1) is 0 Å². The number of ether oxygens (including phenoxy) is 2. The molecule has 2 heteroatoms. The Hall–Kier alpha value is -0.860. The van der Waals surface area contributed by atoms with E-state index in [1.54, 1.807) is 0 Å². The summed E-state index contributed by atoms with van der Waals surface area (Å²) in [7, 11) is 0. The quantitative estimate of drug-likeness (QED) is 0.710. The van der Waals surface area contributed by atoms with E-state index in [0.29, 0.717) is 6.61 Å². The van der Waals surface area contributed by atoms with Gasteiger partial charge in [-0.2, -0.15) is 0 Å². The number of hydrogen-bond acceptors (Lipinski definition) is 2. The third-order valence-corrected chi connectivity index (χ3v) is 3.19. The van der Waals surface area contributed by atoms with Gasteiger partial charge in [-0.3, -0.25) is 0 Å². The molecule has 16 heavy (non-hydrogen) atoms. The zero-order chi connectivity index (χ0) is 11.3. The molecule has 0 spiro atoms. The highest BCUT2D eigenvalue weighted by Crippen LogP contribution is 2.28. The van der Waals surface area contributed by atoms with Gasteiger partial charge in [0.25, 0.3) is 0 Å². The van der Waals surface area contributed by atoms with Gasteiger partial charge >= 0.3 is 0 Å². The lowest BCUT2D eigenvalue weighted by Gasteiger charge is -2.22. The first-order valence-corrected chi connectivity index (χ1v) is 6.04. The summed E-state index contributed by atoms with van der Waals surface area (Å²) in [5.74, 6) is 0. The molecule has 1 unspecified atom stereocenters. The van der Waals surface area contributed by atoms with Crippen LogP contribution < -0.4 is 0 Å². The molecule has 1 fully saturated rings. The molecule has 0 amide bonds. The van der Waals surface area contributed by atoms with E-state index in [4.69, 9.17) is 9.47 Å². The van der Waals surface area contributed by atoms with Crippen LogP contribution in [0.15, 0.2) is 30.3 Å². The van der Waals surface area contributed by atoms with Gasteiger partial charge in [0.2, 0.25) is 0 Å². The van der Waals surface area contributed by atoms with Crippen LogP contribution in [-0.2, 0) is 16.1 Å². The van der Waals surface area contributed by atoms with Crippen LogP contribution in [-0.4, -0.2) is 18.8 Å². The molecule has 0 saturated carbocycles. The molecule has 0 aromatic heterocycles. The van der Waals surface area contributed by atoms with Crippen molar-refractivity contribution in [1.29, 1.82) is 0 Å². The summed E-state index contributed by atoms with van der Waals surface area (Å²) in [6.45, 7) is 4.59. The van der Waals surface area contributed by atoms with E-state index in [9.17, 15) is 0 Å². The van der Waals surface area contributed by atoms with Crippen LogP contribution in [0.2, 0.25) is 0 Å². The van der Waals surface area contributed by atoms with Gasteiger partial charge in [0, 0.05) is 13.2 Å². The van der Waals surface area contributed by atoms with Gasteiger partial charge in [0.05, 0.1) is 12.2 Å². The topological polar surface area (TPSA) is 18.5 Å². The summed E-state index contributed by atoms with van der Waals surface area (Å²) in [5, 5.41) is 0. The summed E-state index contributed by atoms with van der Waals surface area (Å²) in [6.07, 6.45) is 3.36. The van der Waals surface area contributed by atoms with Crippen molar-refractivity contribution in [3.63, 3.8) is 0 Å². The molecule has 0 radical (unpaired) electrons. The minimum Gasteiger partial charge on any atom is -0.377 e. The summed E-state index contributed by atoms with van der Waals surface area (Å²) in [6, 6.07) is 10.3. The molecular formula is C14H20O2. The lowest BCUT2D eigenvalue weighted by molar-refractivity contribution is -0.0135. The number of rotatable bonds is 5. The van der Waals surface area contributed by atoms with Crippen molar-refractivity contribution in [3.05, 3.63) is 35.9 Å². The van der Waals surface area contributed by atoms with E-state index < -0.39 is 0 Å². The Kier molecular flexibility index (Phi) is 3.97. The SMILES string of the molecule is CC1(CCOCc2ccccc2)CCCO1. The van der Waals surface area contributed by atoms with Crippen LogP contribution >= 0.6 is 0 Å². The van der Waals surface area contributed by atoms with E-state index in [1.807, 2.05) is 18.2 Å². The van der Waals surface area contributed by atoms with Crippen LogP contribution in [0.4, 0.5) is 0 Å². The van der Waals surface area contributed by atoms with Crippen LogP contribution in [0.25, 0.3) is 0 Å². The standard InChI is InChI=1S/C14H20O2/c1-14(8-5-10-16-14)9-11-15-12-13-6-3-2-4-7-13/h2-4,6-7H,5,8-12H2,1H3. The molecule has 1 saturated heterocycles. The van der Waals surface area contributed by atoms with E-state index >= 15 is 0 Å². The molecule has 1 atom stereocenters. The molecule has 88 valence electrons. The molecule has 1 aliphatic rings. The Balaban J connectivity index is 1.65. The summed E-state index contributed by atoms with van der Waals surface area (Å²) in [5.41, 5.74) is 1.30. The van der Waals surface area contributed by atoms with Crippen molar-refractivity contribution >= 4 is 0 Å². The minimum absolute atomic E-state index is 0.0662. The molecule has 2 nitrogen and oxygen atoms in total. The van der Waals surface area contributed by atoms with Crippen molar-refractivity contribution in [2.75, 3.05) is 13.2 Å². The van der Waals surface area contributed by atoms with E-state index in [0.717, 1.165) is 19.6 Å². The zero-order valence-electron chi connectivity index (χ0n) is 9.95. The van der Waals surface area contributed by atoms with Gasteiger partial charge in [-0.25, -0.2) is 0 Å². The van der Waals surface area contributed by atoms with Crippen molar-refractivity contribution in [2.24, 2.45) is 0 Å². The number of hydrogen-bond donors (Lipinski definition) is 0. The van der Waals surface area contributed by atoms with Crippen LogP contribution in [0.3, 0.4) is 0 Å². The highest BCUT2D eigenvalue weighted by atomic mass is 16.5. The monoisotopic (exact) mass is 220 g/mol. The summed E-state index contributed by atoms with van der Waals surface area (Å²) in [4.78, 5) is 0. The van der Waals surface area contributed by atoms with E-state index in [1.165, 1.54) is 18.4 Å². The molecule has 0 aliphatic carbocycles. The maximum Gasteiger partial charge on any atom is 0.0716 e. The molecular weight excluding hydrogens is 200 g/mol. The lowest BCUT2D eigenvalue weighted by atomic mass is 9.99. The van der Waals surface area contributed by atoms with Gasteiger partial charge < -0.3 is 9.47 Å². The summed E-state index contributed by atoms with van der Waals surface area (Å²) < 4.78 is 11.4. The molecule has 1 aromatic rings. The third kappa shape index (κ3) is 3.32. The molecule has 0 N–H and O–H groups in total. The smallest absolute Gasteiger partial charge is 0.0716 e. The normalized spacial score (nSPS) is 24.8. The first-order chi connectivity index (χ1) is 7.79. The van der Waals surface area contributed by atoms with Crippen LogP contribution in [0.5, 0.6) is 0 Å². The fourth-order valence-corrected chi connectivity index (χ4v) is 2.09. The lowest BCUT2D eigenvalue weighted by Crippen LogP contribution is -2.24. The summed E-state index contributed by atoms with van der Waals surface area (Å²) >= 11 is 0. The van der Waals surface area contributed by atoms with Crippen molar-refractivity contribution in [3.8, 4) is 0 Å². The second-order valence-corrected chi connectivity index (χ2v) is 4.69. The van der Waals surface area contributed by atoms with Crippen molar-refractivity contribution in [1.82, 2.24) is 0 Å². The van der Waals surface area contributed by atoms with Crippen LogP contribution in [0, 0.1) is 0 Å². The second-order valence-electron chi connectivity index (χ2n) is 4.69. The largest absolute Gasteiger partial charge is 0.377 e. The Morgan fingerprint density at radius 1 is 1.31 bits per heavy atom. The molecule has 1 heterocycles. The van der Waals surface area contributed by atoms with Crippen molar-refractivity contribution in [2.45, 2.75) is 38.4 Å². The molecule has 2 rings (SSSR count). The van der Waals surface area contributed by atoms with E-state index in [2.05, 4.69) is 19.1 Å². The number of benzene rings is 1. The van der Waals surface area contributed by atoms with Gasteiger partial charge in [0.15, 0.2) is 0 Å². The van der Waals surface area contributed by atoms with E-state index in [-0.39, 0.29) is 5.60 Å². The van der Waals surface area contributed by atoms with Gasteiger partial charge in [0.1, 0.15) is 0 Å². The Morgan fingerprint density at radius 2 is 2.12 bits per heavy atom. The fraction of sp³-hybridized carbons (Fsp3) is 0.571. The highest BCUT2D eigenvalue weighted by molar-refractivity contribution is 5.13. The minimum atomic E-state index is 0.0662. The first-order valence-electron chi connectivity index (χ1n) is 6.04. The molecule has 1 aromatic carbocycles. The Bertz CT molecular complexity index is 302. The highest BCUT2D eigenvalue weighted by Gasteiger charge is 2.28. The predicted molar refractivity (Wildman–Crippen MR) is 64.3 cm³/mol. The predicted octanol–water partition coefficient (Wildman–Crippen LogP) is 3.16. The fourth-order valence-electron chi connectivity index (χ4n) is 2.09. The molecule has 1 aliphatic heterocycles. The Labute approximate surface area is 97.6 Å². The second kappa shape index (κ2) is 5.46. The van der Waals surface area contributed by atoms with Gasteiger partial charge in [-0.05, 0) is 31.7 Å². The average molecular weight is 220 g/mol.